The molecule has 0 saturated heterocycles. The van der Waals surface area contributed by atoms with Crippen LogP contribution in [0.5, 0.6) is 0 Å². The van der Waals surface area contributed by atoms with Crippen molar-refractivity contribution in [2.45, 2.75) is 6.54 Å². The van der Waals surface area contributed by atoms with Gasteiger partial charge in [-0.15, -0.1) is 0 Å². The van der Waals surface area contributed by atoms with Gasteiger partial charge in [0.05, 0.1) is 0 Å². The zero-order valence-electron chi connectivity index (χ0n) is 16.5. The molecule has 5 aromatic rings. The van der Waals surface area contributed by atoms with Gasteiger partial charge in [-0.1, -0.05) is 36.4 Å². The van der Waals surface area contributed by atoms with E-state index in [9.17, 15) is 0 Å². The van der Waals surface area contributed by atoms with Crippen molar-refractivity contribution in [3.63, 3.8) is 0 Å². The number of fused-ring (bicyclic) bond motifs is 1. The Labute approximate surface area is 178 Å². The molecule has 150 valence electrons. The summed E-state index contributed by atoms with van der Waals surface area (Å²) < 4.78 is 15.2. The van der Waals surface area contributed by atoms with Gasteiger partial charge in [-0.25, -0.2) is 14.4 Å². The smallest absolute Gasteiger partial charge is 0.163 e. The van der Waals surface area contributed by atoms with Crippen LogP contribution in [-0.2, 0) is 6.54 Å². The maximum absolute atomic E-state index is 15.2. The maximum Gasteiger partial charge on any atom is 0.163 e. The Morgan fingerprint density at radius 2 is 1.52 bits per heavy atom. The van der Waals surface area contributed by atoms with Crippen LogP contribution in [0.25, 0.3) is 33.4 Å². The van der Waals surface area contributed by atoms with Gasteiger partial charge in [0, 0.05) is 42.3 Å². The lowest BCUT2D eigenvalue weighted by Gasteiger charge is -2.13. The van der Waals surface area contributed by atoms with E-state index >= 15 is 4.39 Å². The van der Waals surface area contributed by atoms with Crippen molar-refractivity contribution in [3.05, 3.63) is 103 Å². The molecule has 0 spiro atoms. The fourth-order valence-corrected chi connectivity index (χ4v) is 3.43. The minimum absolute atomic E-state index is 0.266. The summed E-state index contributed by atoms with van der Waals surface area (Å²) in [5.41, 5.74) is 3.69. The van der Waals surface area contributed by atoms with Crippen LogP contribution < -0.4 is 5.32 Å². The van der Waals surface area contributed by atoms with Gasteiger partial charge in [-0.3, -0.25) is 9.97 Å². The molecule has 6 heteroatoms. The first-order chi connectivity index (χ1) is 15.3. The molecule has 3 aromatic heterocycles. The molecular weight excluding hydrogens is 389 g/mol. The standard InChI is InChI=1S/C25H18FN5/c26-22-13-20(18-7-2-1-3-8-18)12-21-23(22)30-24(19-9-5-11-28-16-19)31-25(21)29-15-17-6-4-10-27-14-17/h1-14,16H,15H2,(H,29,30,31). The Bertz CT molecular complexity index is 1330. The number of benzene rings is 2. The monoisotopic (exact) mass is 407 g/mol. The summed E-state index contributed by atoms with van der Waals surface area (Å²) in [6.07, 6.45) is 6.86. The normalized spacial score (nSPS) is 10.9. The van der Waals surface area contributed by atoms with Crippen LogP contribution in [0.15, 0.2) is 91.5 Å². The zero-order valence-corrected chi connectivity index (χ0v) is 16.5. The lowest BCUT2D eigenvalue weighted by atomic mass is 10.0. The third-order valence-electron chi connectivity index (χ3n) is 4.96. The first-order valence-corrected chi connectivity index (χ1v) is 9.88. The third-order valence-corrected chi connectivity index (χ3v) is 4.96. The van der Waals surface area contributed by atoms with Crippen molar-refractivity contribution >= 4 is 16.7 Å². The number of nitrogens with zero attached hydrogens (tertiary/aromatic N) is 4. The Hall–Kier alpha value is -4.19. The fourth-order valence-electron chi connectivity index (χ4n) is 3.43. The molecule has 3 heterocycles. The van der Waals surface area contributed by atoms with Gasteiger partial charge in [-0.2, -0.15) is 0 Å². The Morgan fingerprint density at radius 3 is 2.26 bits per heavy atom. The predicted octanol–water partition coefficient (Wildman–Crippen LogP) is 5.51. The number of pyridine rings is 2. The molecule has 0 saturated carbocycles. The second-order valence-electron chi connectivity index (χ2n) is 7.07. The summed E-state index contributed by atoms with van der Waals surface area (Å²) in [7, 11) is 0. The van der Waals surface area contributed by atoms with E-state index in [0.717, 1.165) is 22.3 Å². The summed E-state index contributed by atoms with van der Waals surface area (Å²) >= 11 is 0. The summed E-state index contributed by atoms with van der Waals surface area (Å²) in [5, 5.41) is 3.96. The van der Waals surface area contributed by atoms with E-state index in [1.54, 1.807) is 30.9 Å². The summed E-state index contributed by atoms with van der Waals surface area (Å²) in [6.45, 7) is 0.504. The second kappa shape index (κ2) is 8.28. The van der Waals surface area contributed by atoms with Crippen molar-refractivity contribution in [1.82, 2.24) is 19.9 Å². The van der Waals surface area contributed by atoms with Gasteiger partial charge in [-0.05, 0) is 47.0 Å². The molecule has 1 N–H and O–H groups in total. The number of rotatable bonds is 5. The summed E-state index contributed by atoms with van der Waals surface area (Å²) in [5.74, 6) is 0.582. The van der Waals surface area contributed by atoms with Crippen LogP contribution in [0.4, 0.5) is 10.2 Å². The molecule has 0 unspecified atom stereocenters. The minimum atomic E-state index is -0.395. The molecule has 0 atom stereocenters. The number of hydrogen-bond donors (Lipinski definition) is 1. The number of halogens is 1. The first-order valence-electron chi connectivity index (χ1n) is 9.88. The highest BCUT2D eigenvalue weighted by Crippen LogP contribution is 2.31. The average molecular weight is 407 g/mol. The molecule has 2 aromatic carbocycles. The van der Waals surface area contributed by atoms with Gasteiger partial charge >= 0.3 is 0 Å². The SMILES string of the molecule is Fc1cc(-c2ccccc2)cc2c(NCc3cccnc3)nc(-c3cccnc3)nc12. The van der Waals surface area contributed by atoms with E-state index in [4.69, 9.17) is 4.98 Å². The van der Waals surface area contributed by atoms with Crippen LogP contribution in [-0.4, -0.2) is 19.9 Å². The van der Waals surface area contributed by atoms with Gasteiger partial charge < -0.3 is 5.32 Å². The molecule has 5 rings (SSSR count). The number of hydrogen-bond acceptors (Lipinski definition) is 5. The van der Waals surface area contributed by atoms with E-state index < -0.39 is 5.82 Å². The molecule has 0 radical (unpaired) electrons. The van der Waals surface area contributed by atoms with E-state index in [-0.39, 0.29) is 5.52 Å². The lowest BCUT2D eigenvalue weighted by molar-refractivity contribution is 0.637. The molecule has 31 heavy (non-hydrogen) atoms. The topological polar surface area (TPSA) is 63.6 Å². The zero-order chi connectivity index (χ0) is 21.0. The Morgan fingerprint density at radius 1 is 0.742 bits per heavy atom. The van der Waals surface area contributed by atoms with Gasteiger partial charge in [0.1, 0.15) is 17.2 Å². The third kappa shape index (κ3) is 3.96. The maximum atomic E-state index is 15.2. The van der Waals surface area contributed by atoms with Crippen LogP contribution in [0.2, 0.25) is 0 Å². The molecule has 0 amide bonds. The average Bonchev–Trinajstić information content (AvgIpc) is 2.84. The lowest BCUT2D eigenvalue weighted by Crippen LogP contribution is -2.05. The van der Waals surface area contributed by atoms with Crippen LogP contribution >= 0.6 is 0 Å². The molecule has 0 aliphatic heterocycles. The minimum Gasteiger partial charge on any atom is -0.365 e. The highest BCUT2D eigenvalue weighted by atomic mass is 19.1. The molecule has 0 aliphatic carbocycles. The van der Waals surface area contributed by atoms with E-state index in [1.165, 1.54) is 6.07 Å². The largest absolute Gasteiger partial charge is 0.365 e. The first kappa shape index (κ1) is 18.8. The summed E-state index contributed by atoms with van der Waals surface area (Å²) in [4.78, 5) is 17.5. The molecule has 5 nitrogen and oxygen atoms in total. The Kier molecular flexibility index (Phi) is 5.02. The molecule has 0 bridgehead atoms. The van der Waals surface area contributed by atoms with E-state index in [0.29, 0.717) is 23.6 Å². The number of nitrogens with one attached hydrogen (secondary N) is 1. The van der Waals surface area contributed by atoms with Crippen LogP contribution in [0.1, 0.15) is 5.56 Å². The van der Waals surface area contributed by atoms with E-state index in [1.807, 2.05) is 54.6 Å². The van der Waals surface area contributed by atoms with Crippen molar-refractivity contribution in [3.8, 4) is 22.5 Å². The van der Waals surface area contributed by atoms with Crippen molar-refractivity contribution in [1.29, 1.82) is 0 Å². The molecular formula is C25H18FN5. The van der Waals surface area contributed by atoms with E-state index in [2.05, 4.69) is 20.3 Å². The van der Waals surface area contributed by atoms with Crippen molar-refractivity contribution in [2.75, 3.05) is 5.32 Å². The number of aromatic nitrogens is 4. The molecule has 0 fully saturated rings. The Balaban J connectivity index is 1.66. The highest BCUT2D eigenvalue weighted by molar-refractivity contribution is 5.94. The van der Waals surface area contributed by atoms with Crippen LogP contribution in [0.3, 0.4) is 0 Å². The number of anilines is 1. The van der Waals surface area contributed by atoms with Gasteiger partial charge in [0.15, 0.2) is 5.82 Å². The van der Waals surface area contributed by atoms with Gasteiger partial charge in [0.25, 0.3) is 0 Å². The van der Waals surface area contributed by atoms with Crippen molar-refractivity contribution < 1.29 is 4.39 Å². The van der Waals surface area contributed by atoms with Crippen LogP contribution in [0, 0.1) is 5.82 Å². The predicted molar refractivity (Wildman–Crippen MR) is 120 cm³/mol. The summed E-state index contributed by atoms with van der Waals surface area (Å²) in [6, 6.07) is 20.7. The second-order valence-corrected chi connectivity index (χ2v) is 7.07. The fraction of sp³-hybridized carbons (Fsp3) is 0.0400. The molecule has 0 aliphatic rings. The highest BCUT2D eigenvalue weighted by Gasteiger charge is 2.15. The van der Waals surface area contributed by atoms with Gasteiger partial charge in [0.2, 0.25) is 0 Å². The quantitative estimate of drug-likeness (QED) is 0.416. The van der Waals surface area contributed by atoms with Crippen molar-refractivity contribution in [2.24, 2.45) is 0 Å².